The number of aromatic nitrogens is 2. The van der Waals surface area contributed by atoms with Crippen LogP contribution in [0.2, 0.25) is 0 Å². The lowest BCUT2D eigenvalue weighted by molar-refractivity contribution is 0.0946. The van der Waals surface area contributed by atoms with Crippen LogP contribution in [0.5, 0.6) is 0 Å². The molecule has 144 valence electrons. The zero-order valence-corrected chi connectivity index (χ0v) is 16.4. The number of nitrogens with two attached hydrogens (primary N) is 1. The van der Waals surface area contributed by atoms with E-state index in [1.54, 1.807) is 6.20 Å². The number of hydrogen-bond donors (Lipinski definition) is 2. The van der Waals surface area contributed by atoms with Crippen molar-refractivity contribution in [3.8, 4) is 28.6 Å². The van der Waals surface area contributed by atoms with E-state index in [1.807, 2.05) is 56.3 Å². The standard InChI is InChI=1S/C23H21N5O/c1-23(2,13-24)17-6-3-14(4-7-17)19-12-27-21(25)20(28-19)16-5-8-18-15(11-16)9-10-26-22(18)29/h3-8,11-12H,9-10H2,1-2H3,(H2,25,27)(H,26,29). The van der Waals surface area contributed by atoms with Crippen LogP contribution in [0, 0.1) is 11.3 Å². The van der Waals surface area contributed by atoms with Crippen molar-refractivity contribution >= 4 is 11.7 Å². The molecule has 3 aromatic rings. The van der Waals surface area contributed by atoms with E-state index in [-0.39, 0.29) is 5.91 Å². The molecule has 0 unspecified atom stereocenters. The fourth-order valence-electron chi connectivity index (χ4n) is 3.45. The second-order valence-corrected chi connectivity index (χ2v) is 7.68. The Hall–Kier alpha value is -3.72. The van der Waals surface area contributed by atoms with E-state index in [0.717, 1.165) is 28.7 Å². The molecule has 1 aromatic heterocycles. The maximum Gasteiger partial charge on any atom is 0.251 e. The quantitative estimate of drug-likeness (QED) is 0.720. The van der Waals surface area contributed by atoms with Crippen LogP contribution in [0.15, 0.2) is 48.7 Å². The smallest absolute Gasteiger partial charge is 0.251 e. The number of nitrogen functional groups attached to an aromatic ring is 1. The summed E-state index contributed by atoms with van der Waals surface area (Å²) in [5.74, 6) is 0.294. The molecule has 0 fully saturated rings. The van der Waals surface area contributed by atoms with Gasteiger partial charge in [0.2, 0.25) is 0 Å². The van der Waals surface area contributed by atoms with E-state index >= 15 is 0 Å². The lowest BCUT2D eigenvalue weighted by Crippen LogP contribution is -2.31. The summed E-state index contributed by atoms with van der Waals surface area (Å²) in [6.07, 6.45) is 2.42. The minimum absolute atomic E-state index is 0.0500. The number of nitriles is 1. The van der Waals surface area contributed by atoms with E-state index < -0.39 is 5.41 Å². The molecule has 29 heavy (non-hydrogen) atoms. The highest BCUT2D eigenvalue weighted by Crippen LogP contribution is 2.30. The molecule has 0 atom stereocenters. The summed E-state index contributed by atoms with van der Waals surface area (Å²) in [6, 6.07) is 15.7. The van der Waals surface area contributed by atoms with Crippen LogP contribution in [0.25, 0.3) is 22.5 Å². The van der Waals surface area contributed by atoms with Crippen LogP contribution in [-0.4, -0.2) is 22.4 Å². The summed E-state index contributed by atoms with van der Waals surface area (Å²) in [4.78, 5) is 21.0. The van der Waals surface area contributed by atoms with E-state index in [4.69, 9.17) is 10.7 Å². The van der Waals surface area contributed by atoms with Gasteiger partial charge in [0, 0.05) is 23.2 Å². The molecule has 6 heteroatoms. The summed E-state index contributed by atoms with van der Waals surface area (Å²) in [5.41, 5.74) is 11.2. The van der Waals surface area contributed by atoms with Gasteiger partial charge < -0.3 is 11.1 Å². The van der Waals surface area contributed by atoms with Crippen LogP contribution in [0.1, 0.15) is 35.3 Å². The molecule has 1 amide bonds. The number of rotatable bonds is 3. The first kappa shape index (κ1) is 18.6. The van der Waals surface area contributed by atoms with Crippen molar-refractivity contribution in [3.05, 3.63) is 65.4 Å². The number of benzene rings is 2. The van der Waals surface area contributed by atoms with Crippen molar-refractivity contribution in [1.29, 1.82) is 5.26 Å². The first-order chi connectivity index (χ1) is 13.9. The topological polar surface area (TPSA) is 105 Å². The van der Waals surface area contributed by atoms with Gasteiger partial charge in [0.25, 0.3) is 5.91 Å². The van der Waals surface area contributed by atoms with Crippen molar-refractivity contribution in [3.63, 3.8) is 0 Å². The zero-order valence-electron chi connectivity index (χ0n) is 16.4. The minimum Gasteiger partial charge on any atom is -0.382 e. The molecule has 4 rings (SSSR count). The Labute approximate surface area is 169 Å². The van der Waals surface area contributed by atoms with E-state index in [0.29, 0.717) is 29.3 Å². The Morgan fingerprint density at radius 1 is 1.14 bits per heavy atom. The maximum absolute atomic E-state index is 12.0. The Bertz CT molecular complexity index is 1140. The lowest BCUT2D eigenvalue weighted by Gasteiger charge is -2.17. The molecule has 0 spiro atoms. The summed E-state index contributed by atoms with van der Waals surface area (Å²) in [5, 5.41) is 12.2. The Balaban J connectivity index is 1.72. The van der Waals surface area contributed by atoms with Crippen molar-refractivity contribution in [1.82, 2.24) is 15.3 Å². The molecular weight excluding hydrogens is 362 g/mol. The second kappa shape index (κ2) is 7.02. The highest BCUT2D eigenvalue weighted by molar-refractivity contribution is 5.97. The third-order valence-corrected chi connectivity index (χ3v) is 5.29. The monoisotopic (exact) mass is 383 g/mol. The zero-order chi connectivity index (χ0) is 20.6. The highest BCUT2D eigenvalue weighted by Gasteiger charge is 2.20. The van der Waals surface area contributed by atoms with E-state index in [1.165, 1.54) is 0 Å². The van der Waals surface area contributed by atoms with Crippen molar-refractivity contribution in [2.45, 2.75) is 25.7 Å². The van der Waals surface area contributed by atoms with Crippen LogP contribution in [0.3, 0.4) is 0 Å². The number of nitrogens with zero attached hydrogens (tertiary/aromatic N) is 3. The lowest BCUT2D eigenvalue weighted by atomic mass is 9.86. The van der Waals surface area contributed by atoms with Crippen LogP contribution in [-0.2, 0) is 11.8 Å². The van der Waals surface area contributed by atoms with Crippen LogP contribution in [0.4, 0.5) is 5.82 Å². The molecule has 1 aliphatic rings. The van der Waals surface area contributed by atoms with E-state index in [9.17, 15) is 10.1 Å². The van der Waals surface area contributed by atoms with Gasteiger partial charge >= 0.3 is 0 Å². The van der Waals surface area contributed by atoms with Crippen molar-refractivity contribution < 1.29 is 4.79 Å². The molecule has 0 aliphatic carbocycles. The third-order valence-electron chi connectivity index (χ3n) is 5.29. The average molecular weight is 383 g/mol. The molecule has 2 aromatic carbocycles. The van der Waals surface area contributed by atoms with Gasteiger partial charge in [-0.3, -0.25) is 4.79 Å². The van der Waals surface area contributed by atoms with E-state index in [2.05, 4.69) is 16.4 Å². The summed E-state index contributed by atoms with van der Waals surface area (Å²) >= 11 is 0. The highest BCUT2D eigenvalue weighted by atomic mass is 16.1. The van der Waals surface area contributed by atoms with Crippen LogP contribution >= 0.6 is 0 Å². The Morgan fingerprint density at radius 3 is 2.59 bits per heavy atom. The third kappa shape index (κ3) is 3.43. The van der Waals surface area contributed by atoms with Crippen molar-refractivity contribution in [2.75, 3.05) is 12.3 Å². The molecule has 1 aliphatic heterocycles. The van der Waals surface area contributed by atoms with Crippen LogP contribution < -0.4 is 11.1 Å². The fraction of sp³-hybridized carbons (Fsp3) is 0.217. The van der Waals surface area contributed by atoms with Crippen molar-refractivity contribution in [2.24, 2.45) is 0 Å². The number of anilines is 1. The summed E-state index contributed by atoms with van der Waals surface area (Å²) in [6.45, 7) is 4.40. The first-order valence-electron chi connectivity index (χ1n) is 9.45. The van der Waals surface area contributed by atoms with Gasteiger partial charge in [0.1, 0.15) is 11.5 Å². The number of hydrogen-bond acceptors (Lipinski definition) is 5. The number of amides is 1. The SMILES string of the molecule is CC(C)(C#N)c1ccc(-c2cnc(N)c(-c3ccc4c(c3)CCNC4=O)n2)cc1. The maximum atomic E-state index is 12.0. The summed E-state index contributed by atoms with van der Waals surface area (Å²) in [7, 11) is 0. The molecule has 6 nitrogen and oxygen atoms in total. The minimum atomic E-state index is -0.550. The molecular formula is C23H21N5O. The molecule has 0 saturated carbocycles. The second-order valence-electron chi connectivity index (χ2n) is 7.68. The summed E-state index contributed by atoms with van der Waals surface area (Å²) < 4.78 is 0. The van der Waals surface area contributed by atoms with Gasteiger partial charge in [-0.25, -0.2) is 9.97 Å². The first-order valence-corrected chi connectivity index (χ1v) is 9.45. The Morgan fingerprint density at radius 2 is 1.86 bits per heavy atom. The van der Waals surface area contributed by atoms with Gasteiger partial charge in [-0.2, -0.15) is 5.26 Å². The average Bonchev–Trinajstić information content (AvgIpc) is 2.74. The molecule has 2 heterocycles. The van der Waals surface area contributed by atoms with Gasteiger partial charge in [0.15, 0.2) is 0 Å². The number of carbonyl (C=O) groups is 1. The number of nitrogens with one attached hydrogen (secondary N) is 1. The predicted octanol–water partition coefficient (Wildman–Crippen LogP) is 3.48. The Kier molecular flexibility index (Phi) is 4.51. The fourth-order valence-corrected chi connectivity index (χ4v) is 3.45. The molecule has 3 N–H and O–H groups in total. The number of carbonyl (C=O) groups excluding carboxylic acids is 1. The predicted molar refractivity (Wildman–Crippen MR) is 112 cm³/mol. The van der Waals surface area contributed by atoms with Gasteiger partial charge in [-0.15, -0.1) is 0 Å². The molecule has 0 radical (unpaired) electrons. The normalized spacial score (nSPS) is 13.3. The van der Waals surface area contributed by atoms with Gasteiger partial charge in [-0.05, 0) is 43.5 Å². The molecule has 0 bridgehead atoms. The largest absolute Gasteiger partial charge is 0.382 e. The van der Waals surface area contributed by atoms with Gasteiger partial charge in [-0.1, -0.05) is 30.3 Å². The molecule has 0 saturated heterocycles. The van der Waals surface area contributed by atoms with Gasteiger partial charge in [0.05, 0.1) is 23.4 Å². The number of fused-ring (bicyclic) bond motifs is 1.